The second-order valence-corrected chi connectivity index (χ2v) is 10.2. The molecule has 1 fully saturated rings. The summed E-state index contributed by atoms with van der Waals surface area (Å²) >= 11 is 0. The van der Waals surface area contributed by atoms with E-state index in [1.165, 1.54) is 6.33 Å². The zero-order chi connectivity index (χ0) is 26.6. The second-order valence-electron chi connectivity index (χ2n) is 10.2. The van der Waals surface area contributed by atoms with Crippen molar-refractivity contribution in [3.63, 3.8) is 0 Å². The molecule has 0 unspecified atom stereocenters. The van der Waals surface area contributed by atoms with Gasteiger partial charge in [-0.1, -0.05) is 32.9 Å². The van der Waals surface area contributed by atoms with E-state index in [-0.39, 0.29) is 11.3 Å². The maximum atomic E-state index is 13.1. The third kappa shape index (κ3) is 6.29. The molecule has 2 N–H and O–H groups in total. The number of nitrogens with zero attached hydrogens (tertiary/aromatic N) is 5. The fourth-order valence-electron chi connectivity index (χ4n) is 4.13. The monoisotopic (exact) mass is 501 g/mol. The van der Waals surface area contributed by atoms with Crippen LogP contribution in [0.4, 0.5) is 17.5 Å². The number of rotatable bonds is 6. The lowest BCUT2D eigenvalue weighted by molar-refractivity contribution is 0.0966. The quantitative estimate of drug-likeness (QED) is 0.458. The summed E-state index contributed by atoms with van der Waals surface area (Å²) < 4.78 is 5.45. The van der Waals surface area contributed by atoms with Crippen molar-refractivity contribution in [3.8, 4) is 0 Å². The van der Waals surface area contributed by atoms with Gasteiger partial charge in [0.15, 0.2) is 5.82 Å². The van der Waals surface area contributed by atoms with Gasteiger partial charge in [-0.3, -0.25) is 4.79 Å². The van der Waals surface area contributed by atoms with Crippen LogP contribution >= 0.6 is 0 Å². The molecule has 9 heteroatoms. The molecule has 0 saturated carbocycles. The molecular weight excluding hydrogens is 466 g/mol. The second kappa shape index (κ2) is 11.0. The number of hydrogen-bond donors (Lipinski definition) is 2. The lowest BCUT2D eigenvalue weighted by Gasteiger charge is -2.26. The first-order chi connectivity index (χ1) is 17.7. The smallest absolute Gasteiger partial charge is 0.255 e. The van der Waals surface area contributed by atoms with Crippen molar-refractivity contribution in [1.82, 2.24) is 25.3 Å². The van der Waals surface area contributed by atoms with Crippen LogP contribution in [0.3, 0.4) is 0 Å². The Bertz CT molecular complexity index is 1350. The molecule has 9 nitrogen and oxygen atoms in total. The number of carbonyl (C=O) groups excluding carboxylic acids is 1. The highest BCUT2D eigenvalue weighted by Gasteiger charge is 2.18. The van der Waals surface area contributed by atoms with Gasteiger partial charge in [0.1, 0.15) is 17.4 Å². The molecule has 3 heterocycles. The Labute approximate surface area is 218 Å². The lowest BCUT2D eigenvalue weighted by Crippen LogP contribution is -2.37. The van der Waals surface area contributed by atoms with E-state index in [0.717, 1.165) is 35.6 Å². The van der Waals surface area contributed by atoms with Crippen molar-refractivity contribution in [2.75, 3.05) is 36.5 Å². The molecule has 0 atom stereocenters. The third-order valence-corrected chi connectivity index (χ3v) is 6.27. The van der Waals surface area contributed by atoms with Gasteiger partial charge in [0, 0.05) is 30.0 Å². The minimum atomic E-state index is -0.175. The molecule has 3 aromatic rings. The molecule has 0 spiro atoms. The summed E-state index contributed by atoms with van der Waals surface area (Å²) in [5.41, 5.74) is 5.48. The molecule has 0 aliphatic carbocycles. The van der Waals surface area contributed by atoms with E-state index in [9.17, 15) is 4.79 Å². The van der Waals surface area contributed by atoms with Gasteiger partial charge < -0.3 is 20.3 Å². The standard InChI is InChI=1S/C28H35N7O2/c1-7-21(28(4,5)6)14-19(3)32-26(36)20-9-8-18(2)22(15-20)33-25-24-23(30-17-31-25)16-29-27(34-24)35-10-12-37-13-11-35/h7-9,14-17H,10-13H2,1-6H3,(H,32,36)(H,30,31,33)/b19-14+,21-7+. The van der Waals surface area contributed by atoms with Crippen molar-refractivity contribution < 1.29 is 9.53 Å². The highest BCUT2D eigenvalue weighted by atomic mass is 16.5. The summed E-state index contributed by atoms with van der Waals surface area (Å²) in [5, 5.41) is 6.38. The third-order valence-electron chi connectivity index (χ3n) is 6.27. The van der Waals surface area contributed by atoms with Crippen LogP contribution < -0.4 is 15.5 Å². The van der Waals surface area contributed by atoms with Gasteiger partial charge in [-0.15, -0.1) is 0 Å². The molecule has 2 aromatic heterocycles. The Morgan fingerprint density at radius 3 is 2.59 bits per heavy atom. The van der Waals surface area contributed by atoms with Gasteiger partial charge in [-0.05, 0) is 55.5 Å². The Morgan fingerprint density at radius 1 is 1.14 bits per heavy atom. The number of aryl methyl sites for hydroxylation is 1. The number of carbonyl (C=O) groups is 1. The Kier molecular flexibility index (Phi) is 7.83. The summed E-state index contributed by atoms with van der Waals surface area (Å²) in [4.78, 5) is 33.2. The first-order valence-electron chi connectivity index (χ1n) is 12.5. The van der Waals surface area contributed by atoms with Gasteiger partial charge in [-0.25, -0.2) is 19.9 Å². The van der Waals surface area contributed by atoms with E-state index >= 15 is 0 Å². The zero-order valence-corrected chi connectivity index (χ0v) is 22.4. The van der Waals surface area contributed by atoms with E-state index in [4.69, 9.17) is 9.72 Å². The number of amides is 1. The molecular formula is C28H35N7O2. The minimum Gasteiger partial charge on any atom is -0.378 e. The van der Waals surface area contributed by atoms with Gasteiger partial charge in [0.2, 0.25) is 5.95 Å². The largest absolute Gasteiger partial charge is 0.378 e. The summed E-state index contributed by atoms with van der Waals surface area (Å²) in [6.45, 7) is 15.1. The molecule has 0 radical (unpaired) electrons. The van der Waals surface area contributed by atoms with E-state index in [2.05, 4.69) is 57.3 Å². The lowest BCUT2D eigenvalue weighted by atomic mass is 9.86. The van der Waals surface area contributed by atoms with Crippen LogP contribution in [0.5, 0.6) is 0 Å². The van der Waals surface area contributed by atoms with Crippen molar-refractivity contribution in [2.45, 2.75) is 41.5 Å². The Hall–Kier alpha value is -3.85. The summed E-state index contributed by atoms with van der Waals surface area (Å²) in [7, 11) is 0. The Balaban J connectivity index is 1.58. The van der Waals surface area contributed by atoms with E-state index in [1.807, 2.05) is 45.0 Å². The maximum Gasteiger partial charge on any atom is 0.255 e. The number of ether oxygens (including phenoxy) is 1. The fourth-order valence-corrected chi connectivity index (χ4v) is 4.13. The normalized spacial score (nSPS) is 15.1. The number of aromatic nitrogens is 4. The molecule has 1 amide bonds. The molecule has 1 aliphatic heterocycles. The highest BCUT2D eigenvalue weighted by Crippen LogP contribution is 2.28. The van der Waals surface area contributed by atoms with Crippen LogP contribution in [-0.2, 0) is 4.74 Å². The van der Waals surface area contributed by atoms with E-state index in [1.54, 1.807) is 6.20 Å². The molecule has 194 valence electrons. The number of fused-ring (bicyclic) bond motifs is 1. The molecule has 1 aromatic carbocycles. The number of anilines is 3. The van der Waals surface area contributed by atoms with Crippen LogP contribution in [0, 0.1) is 12.3 Å². The predicted molar refractivity (Wildman–Crippen MR) is 147 cm³/mol. The van der Waals surface area contributed by atoms with Gasteiger partial charge >= 0.3 is 0 Å². The van der Waals surface area contributed by atoms with Crippen LogP contribution in [0.25, 0.3) is 11.0 Å². The average Bonchev–Trinajstić information content (AvgIpc) is 2.88. The molecule has 0 bridgehead atoms. The SMILES string of the molecule is C/C=C(\C=C(/C)NC(=O)c1ccc(C)c(Nc2ncnc3cnc(N4CCOCC4)nc23)c1)C(C)(C)C. The van der Waals surface area contributed by atoms with Crippen LogP contribution in [0.15, 0.2) is 54.1 Å². The van der Waals surface area contributed by atoms with Crippen LogP contribution in [0.1, 0.15) is 50.5 Å². The van der Waals surface area contributed by atoms with Crippen molar-refractivity contribution >= 4 is 34.4 Å². The topological polar surface area (TPSA) is 105 Å². The summed E-state index contributed by atoms with van der Waals surface area (Å²) in [6.07, 6.45) is 7.28. The van der Waals surface area contributed by atoms with E-state index < -0.39 is 0 Å². The van der Waals surface area contributed by atoms with Gasteiger partial charge in [-0.2, -0.15) is 0 Å². The summed E-state index contributed by atoms with van der Waals surface area (Å²) in [6, 6.07) is 5.57. The number of benzene rings is 1. The number of morpholine rings is 1. The molecule has 1 saturated heterocycles. The van der Waals surface area contributed by atoms with Crippen molar-refractivity contribution in [2.24, 2.45) is 5.41 Å². The van der Waals surface area contributed by atoms with Crippen LogP contribution in [-0.4, -0.2) is 52.1 Å². The van der Waals surface area contributed by atoms with Crippen molar-refractivity contribution in [1.29, 1.82) is 0 Å². The molecule has 37 heavy (non-hydrogen) atoms. The molecule has 1 aliphatic rings. The first-order valence-corrected chi connectivity index (χ1v) is 12.5. The van der Waals surface area contributed by atoms with Gasteiger partial charge in [0.25, 0.3) is 5.91 Å². The zero-order valence-electron chi connectivity index (χ0n) is 22.4. The number of allylic oxidation sites excluding steroid dienone is 4. The van der Waals surface area contributed by atoms with Gasteiger partial charge in [0.05, 0.1) is 19.4 Å². The average molecular weight is 502 g/mol. The Morgan fingerprint density at radius 2 is 1.89 bits per heavy atom. The highest BCUT2D eigenvalue weighted by molar-refractivity contribution is 5.97. The summed E-state index contributed by atoms with van der Waals surface area (Å²) in [5.74, 6) is 1.00. The first kappa shape index (κ1) is 26.2. The van der Waals surface area contributed by atoms with Crippen LogP contribution in [0.2, 0.25) is 0 Å². The molecule has 4 rings (SSSR count). The van der Waals surface area contributed by atoms with Crippen molar-refractivity contribution in [3.05, 3.63) is 65.3 Å². The van der Waals surface area contributed by atoms with E-state index in [0.29, 0.717) is 41.6 Å². The minimum absolute atomic E-state index is 0.00675. The fraction of sp³-hybridized carbons (Fsp3) is 0.393. The maximum absolute atomic E-state index is 13.1. The number of hydrogen-bond acceptors (Lipinski definition) is 8. The predicted octanol–water partition coefficient (Wildman–Crippen LogP) is 4.93. The number of nitrogens with one attached hydrogen (secondary N) is 2.